The molecule has 13 nitrogen and oxygen atoms in total. The average molecular weight is 573 g/mol. The summed E-state index contributed by atoms with van der Waals surface area (Å²) in [7, 11) is 1.12. The Morgan fingerprint density at radius 2 is 1.05 bits per heavy atom. The molecular weight excluding hydrogens is 532 g/mol. The van der Waals surface area contributed by atoms with Gasteiger partial charge in [-0.3, -0.25) is 19.2 Å². The Morgan fingerprint density at radius 1 is 0.600 bits per heavy atom. The summed E-state index contributed by atoms with van der Waals surface area (Å²) in [4.78, 5) is 73.7. The molecule has 0 aromatic rings. The molecule has 0 N–H and O–H groups in total. The van der Waals surface area contributed by atoms with Gasteiger partial charge < -0.3 is 33.2 Å². The molecule has 0 bridgehead atoms. The lowest BCUT2D eigenvalue weighted by Gasteiger charge is -2.43. The van der Waals surface area contributed by atoms with Crippen molar-refractivity contribution in [3.63, 3.8) is 0 Å². The van der Waals surface area contributed by atoms with Crippen molar-refractivity contribution in [1.82, 2.24) is 0 Å². The predicted molar refractivity (Wildman–Crippen MR) is 136 cm³/mol. The smallest absolute Gasteiger partial charge is 0.333 e. The normalized spacial score (nSPS) is 22.2. The van der Waals surface area contributed by atoms with Gasteiger partial charge >= 0.3 is 35.8 Å². The van der Waals surface area contributed by atoms with E-state index in [-0.39, 0.29) is 25.7 Å². The summed E-state index contributed by atoms with van der Waals surface area (Å²) >= 11 is 0. The van der Waals surface area contributed by atoms with Gasteiger partial charge in [-0.1, -0.05) is 27.7 Å². The van der Waals surface area contributed by atoms with Gasteiger partial charge in [0.15, 0.2) is 12.2 Å². The molecular formula is C27H40O13. The molecule has 0 aromatic heterocycles. The Labute approximate surface area is 233 Å². The fourth-order valence-electron chi connectivity index (χ4n) is 3.56. The molecule has 1 fully saturated rings. The van der Waals surface area contributed by atoms with Gasteiger partial charge in [0.2, 0.25) is 12.4 Å². The van der Waals surface area contributed by atoms with Crippen molar-refractivity contribution < 1.29 is 61.9 Å². The van der Waals surface area contributed by atoms with E-state index in [0.717, 1.165) is 19.3 Å². The molecule has 0 saturated carbocycles. The van der Waals surface area contributed by atoms with Crippen LogP contribution in [0.15, 0.2) is 12.2 Å². The number of rotatable bonds is 16. The van der Waals surface area contributed by atoms with Crippen molar-refractivity contribution in [2.24, 2.45) is 0 Å². The minimum Gasteiger partial charge on any atom is -0.466 e. The van der Waals surface area contributed by atoms with Gasteiger partial charge in [-0.2, -0.15) is 0 Å². The Morgan fingerprint density at radius 3 is 1.55 bits per heavy atom. The first-order valence-corrected chi connectivity index (χ1v) is 13.5. The first-order chi connectivity index (χ1) is 19.1. The van der Waals surface area contributed by atoms with Crippen molar-refractivity contribution in [2.45, 2.75) is 110 Å². The highest BCUT2D eigenvalue weighted by Gasteiger charge is 2.54. The van der Waals surface area contributed by atoms with Crippen LogP contribution < -0.4 is 0 Å². The van der Waals surface area contributed by atoms with Crippen LogP contribution in [-0.2, 0) is 61.9 Å². The van der Waals surface area contributed by atoms with Crippen molar-refractivity contribution in [1.29, 1.82) is 0 Å². The Hall–Kier alpha value is -3.48. The predicted octanol–water partition coefficient (Wildman–Crippen LogP) is 2.46. The van der Waals surface area contributed by atoms with Crippen molar-refractivity contribution in [3.05, 3.63) is 12.2 Å². The fraction of sp³-hybridized carbons (Fsp3) is 0.704. The highest BCUT2D eigenvalue weighted by atomic mass is 16.7. The largest absolute Gasteiger partial charge is 0.466 e. The molecule has 1 aliphatic rings. The topological polar surface area (TPSA) is 167 Å². The van der Waals surface area contributed by atoms with E-state index in [1.54, 1.807) is 27.7 Å². The Bertz CT molecular complexity index is 897. The third kappa shape index (κ3) is 12.1. The zero-order valence-corrected chi connectivity index (χ0v) is 23.7. The summed E-state index contributed by atoms with van der Waals surface area (Å²) < 4.78 is 37.7. The number of carbonyl (C=O) groups excluding carboxylic acids is 6. The second-order valence-corrected chi connectivity index (χ2v) is 8.88. The van der Waals surface area contributed by atoms with Crippen LogP contribution in [0.25, 0.3) is 0 Å². The standard InChI is InChI=1S/C27H40O13/c1-6-10-19(29)35-16-17-24(37-20(30)11-7-2)25(38-21(31)12-8-3)26(39-22(32)13-9-4)27(36-17)40-23(33)15-14-18(28)34-5/h14-15,17,24-27H,6-13,16H2,1-5H3/b15-14+/t17-,24-,25+,26-,27+/m1/s1. The van der Waals surface area contributed by atoms with Gasteiger partial charge in [-0.25, -0.2) is 9.59 Å². The molecule has 0 spiro atoms. The summed E-state index contributed by atoms with van der Waals surface area (Å²) in [5.74, 6) is -4.54. The third-order valence-electron chi connectivity index (χ3n) is 5.41. The van der Waals surface area contributed by atoms with Gasteiger partial charge in [-0.15, -0.1) is 0 Å². The minimum absolute atomic E-state index is 0.00885. The number of hydrogen-bond acceptors (Lipinski definition) is 13. The lowest BCUT2D eigenvalue weighted by molar-refractivity contribution is -0.300. The fourth-order valence-corrected chi connectivity index (χ4v) is 3.56. The van der Waals surface area contributed by atoms with Crippen LogP contribution in [0, 0.1) is 0 Å². The first-order valence-electron chi connectivity index (χ1n) is 13.5. The van der Waals surface area contributed by atoms with Crippen LogP contribution in [0.3, 0.4) is 0 Å². The summed E-state index contributed by atoms with van der Waals surface area (Å²) in [6.45, 7) is 6.57. The third-order valence-corrected chi connectivity index (χ3v) is 5.41. The molecule has 1 heterocycles. The summed E-state index contributed by atoms with van der Waals surface area (Å²) in [5.41, 5.74) is 0. The highest BCUT2D eigenvalue weighted by molar-refractivity contribution is 5.91. The lowest BCUT2D eigenvalue weighted by Crippen LogP contribution is -2.63. The number of methoxy groups -OCH3 is 1. The quantitative estimate of drug-likeness (QED) is 0.150. The van der Waals surface area contributed by atoms with Crippen LogP contribution in [0.5, 0.6) is 0 Å². The van der Waals surface area contributed by atoms with E-state index in [1.165, 1.54) is 0 Å². The van der Waals surface area contributed by atoms with E-state index in [4.69, 9.17) is 28.4 Å². The highest BCUT2D eigenvalue weighted by Crippen LogP contribution is 2.31. The lowest BCUT2D eigenvalue weighted by atomic mass is 9.97. The van der Waals surface area contributed by atoms with Crippen molar-refractivity contribution in [3.8, 4) is 0 Å². The Balaban J connectivity index is 3.52. The first kappa shape index (κ1) is 34.5. The summed E-state index contributed by atoms with van der Waals surface area (Å²) in [6.07, 6.45) is -3.90. The van der Waals surface area contributed by atoms with E-state index >= 15 is 0 Å². The maximum atomic E-state index is 12.6. The van der Waals surface area contributed by atoms with Crippen molar-refractivity contribution in [2.75, 3.05) is 13.7 Å². The molecule has 5 atom stereocenters. The number of carbonyl (C=O) groups is 6. The zero-order chi connectivity index (χ0) is 30.1. The monoisotopic (exact) mass is 572 g/mol. The molecule has 1 rings (SSSR count). The number of hydrogen-bond donors (Lipinski definition) is 0. The second kappa shape index (κ2) is 18.7. The average Bonchev–Trinajstić information content (AvgIpc) is 2.90. The molecule has 0 amide bonds. The zero-order valence-electron chi connectivity index (χ0n) is 23.7. The van der Waals surface area contributed by atoms with E-state index in [9.17, 15) is 28.8 Å². The van der Waals surface area contributed by atoms with E-state index in [0.29, 0.717) is 25.7 Å². The second-order valence-electron chi connectivity index (χ2n) is 8.88. The van der Waals surface area contributed by atoms with Gasteiger partial charge in [0, 0.05) is 37.8 Å². The van der Waals surface area contributed by atoms with E-state index in [2.05, 4.69) is 4.74 Å². The van der Waals surface area contributed by atoms with Crippen LogP contribution in [0.1, 0.15) is 79.1 Å². The van der Waals surface area contributed by atoms with Gasteiger partial charge in [0.25, 0.3) is 0 Å². The number of esters is 6. The van der Waals surface area contributed by atoms with Crippen LogP contribution in [-0.4, -0.2) is 80.2 Å². The molecule has 13 heteroatoms. The Kier molecular flexibility index (Phi) is 16.2. The molecule has 0 unspecified atom stereocenters. The maximum Gasteiger partial charge on any atom is 0.333 e. The van der Waals surface area contributed by atoms with E-state index < -0.39 is 73.1 Å². The maximum absolute atomic E-state index is 12.6. The van der Waals surface area contributed by atoms with Gasteiger partial charge in [-0.05, 0) is 25.7 Å². The number of ether oxygens (including phenoxy) is 7. The molecule has 1 saturated heterocycles. The van der Waals surface area contributed by atoms with Gasteiger partial charge in [0.05, 0.1) is 7.11 Å². The molecule has 0 aliphatic carbocycles. The molecule has 0 aromatic carbocycles. The summed E-state index contributed by atoms with van der Waals surface area (Å²) in [5, 5.41) is 0. The van der Waals surface area contributed by atoms with Crippen LogP contribution in [0.2, 0.25) is 0 Å². The molecule has 40 heavy (non-hydrogen) atoms. The molecule has 1 aliphatic heterocycles. The minimum atomic E-state index is -1.69. The summed E-state index contributed by atoms with van der Waals surface area (Å²) in [6, 6.07) is 0. The molecule has 0 radical (unpaired) electrons. The van der Waals surface area contributed by atoms with Crippen LogP contribution in [0.4, 0.5) is 0 Å². The van der Waals surface area contributed by atoms with Crippen molar-refractivity contribution >= 4 is 35.8 Å². The molecule has 226 valence electrons. The van der Waals surface area contributed by atoms with Crippen LogP contribution >= 0.6 is 0 Å². The van der Waals surface area contributed by atoms with E-state index in [1.807, 2.05) is 0 Å². The SMILES string of the molecule is CCCC(=O)OC[C@H]1O[C@@H](OC(=O)/C=C/C(=O)OC)[C@H](OC(=O)CCC)[C@@H](OC(=O)CCC)[C@@H]1OC(=O)CCC. The van der Waals surface area contributed by atoms with Gasteiger partial charge in [0.1, 0.15) is 12.7 Å².